The second kappa shape index (κ2) is 10.2. The van der Waals surface area contributed by atoms with Gasteiger partial charge in [0, 0.05) is 69.2 Å². The first-order chi connectivity index (χ1) is 11.7. The first-order valence-corrected chi connectivity index (χ1v) is 10.5. The van der Waals surface area contributed by atoms with Crippen LogP contribution in [-0.2, 0) is 4.79 Å². The van der Waals surface area contributed by atoms with Crippen LogP contribution < -0.4 is 10.6 Å². The van der Waals surface area contributed by atoms with Gasteiger partial charge in [0.2, 0.25) is 5.91 Å². The van der Waals surface area contributed by atoms with Gasteiger partial charge in [0.25, 0.3) is 0 Å². The number of carbonyl (C=O) groups is 1. The number of aliphatic imine (C=N–C) groups is 1. The number of halogens is 1. The molecule has 0 aliphatic carbocycles. The monoisotopic (exact) mass is 481 g/mol. The molecule has 0 saturated carbocycles. The van der Waals surface area contributed by atoms with Gasteiger partial charge >= 0.3 is 0 Å². The number of guanidine groups is 1. The van der Waals surface area contributed by atoms with Crippen LogP contribution in [0, 0.1) is 5.41 Å². The van der Waals surface area contributed by atoms with Gasteiger partial charge in [0.05, 0.1) is 6.54 Å². The van der Waals surface area contributed by atoms with Gasteiger partial charge in [-0.05, 0) is 19.8 Å². The first-order valence-electron chi connectivity index (χ1n) is 9.31. The van der Waals surface area contributed by atoms with Crippen LogP contribution in [0.4, 0.5) is 0 Å². The standard InChI is InChI=1S/C17H31N5OS.HI/c1-2-18-16(19-5-7-21-8-10-24-11-9-21)22-6-3-4-17(14-22)12-15(23)20-13-17;/h2-14H2,1H3,(H,18,19)(H,20,23);1H. The lowest BCUT2D eigenvalue weighted by Gasteiger charge is -2.40. The molecule has 144 valence electrons. The van der Waals surface area contributed by atoms with Crippen LogP contribution in [0.25, 0.3) is 0 Å². The second-order valence-electron chi connectivity index (χ2n) is 7.17. The van der Waals surface area contributed by atoms with Crippen LogP contribution in [0.3, 0.4) is 0 Å². The Morgan fingerprint density at radius 1 is 1.36 bits per heavy atom. The van der Waals surface area contributed by atoms with E-state index in [1.807, 2.05) is 11.8 Å². The Balaban J connectivity index is 0.00000225. The SMILES string of the molecule is CCNC(=NCCN1CCSCC1)N1CCCC2(CNC(=O)C2)C1.I. The summed E-state index contributed by atoms with van der Waals surface area (Å²) in [6.45, 7) is 10.1. The fraction of sp³-hybridized carbons (Fsp3) is 0.882. The van der Waals surface area contributed by atoms with E-state index < -0.39 is 0 Å². The number of likely N-dealkylation sites (tertiary alicyclic amines) is 1. The van der Waals surface area contributed by atoms with Gasteiger partial charge in [-0.15, -0.1) is 24.0 Å². The topological polar surface area (TPSA) is 60.0 Å². The summed E-state index contributed by atoms with van der Waals surface area (Å²) >= 11 is 2.05. The lowest BCUT2D eigenvalue weighted by atomic mass is 9.79. The Labute approximate surface area is 173 Å². The van der Waals surface area contributed by atoms with Gasteiger partial charge in [-0.1, -0.05) is 0 Å². The van der Waals surface area contributed by atoms with E-state index in [4.69, 9.17) is 4.99 Å². The maximum absolute atomic E-state index is 11.7. The molecule has 25 heavy (non-hydrogen) atoms. The number of hydrogen-bond donors (Lipinski definition) is 2. The number of carbonyl (C=O) groups excluding carboxylic acids is 1. The molecule has 3 aliphatic rings. The maximum atomic E-state index is 11.7. The number of thioether (sulfide) groups is 1. The number of rotatable bonds is 4. The molecule has 8 heteroatoms. The zero-order valence-corrected chi connectivity index (χ0v) is 18.4. The van der Waals surface area contributed by atoms with Crippen LogP contribution in [-0.4, -0.2) is 85.5 Å². The second-order valence-corrected chi connectivity index (χ2v) is 8.39. The van der Waals surface area contributed by atoms with Crippen molar-refractivity contribution in [2.45, 2.75) is 26.2 Å². The van der Waals surface area contributed by atoms with Crippen molar-refractivity contribution in [2.24, 2.45) is 10.4 Å². The number of piperidine rings is 1. The highest BCUT2D eigenvalue weighted by molar-refractivity contribution is 14.0. The summed E-state index contributed by atoms with van der Waals surface area (Å²) in [6.07, 6.45) is 2.96. The highest BCUT2D eigenvalue weighted by Crippen LogP contribution is 2.35. The van der Waals surface area contributed by atoms with Crippen molar-refractivity contribution >= 4 is 47.6 Å². The molecule has 1 amide bonds. The molecule has 1 spiro atoms. The van der Waals surface area contributed by atoms with Crippen molar-refractivity contribution < 1.29 is 4.79 Å². The molecule has 1 atom stereocenters. The van der Waals surface area contributed by atoms with E-state index in [0.29, 0.717) is 6.42 Å². The molecule has 3 rings (SSSR count). The number of nitrogens with zero attached hydrogens (tertiary/aromatic N) is 3. The zero-order chi connectivity index (χ0) is 16.8. The van der Waals surface area contributed by atoms with Gasteiger partial charge in [-0.2, -0.15) is 11.8 Å². The Kier molecular flexibility index (Phi) is 8.60. The molecule has 3 saturated heterocycles. The molecule has 0 aromatic heterocycles. The van der Waals surface area contributed by atoms with Gasteiger partial charge in [-0.25, -0.2) is 0 Å². The summed E-state index contributed by atoms with van der Waals surface area (Å²) in [5.41, 5.74) is 0.121. The third kappa shape index (κ3) is 5.89. The van der Waals surface area contributed by atoms with Crippen molar-refractivity contribution in [3.05, 3.63) is 0 Å². The van der Waals surface area contributed by atoms with Crippen LogP contribution in [0.15, 0.2) is 4.99 Å². The van der Waals surface area contributed by atoms with Crippen molar-refractivity contribution in [1.29, 1.82) is 0 Å². The average molecular weight is 481 g/mol. The van der Waals surface area contributed by atoms with Crippen molar-refractivity contribution in [1.82, 2.24) is 20.4 Å². The summed E-state index contributed by atoms with van der Waals surface area (Å²) in [5, 5.41) is 6.48. The fourth-order valence-corrected chi connectivity index (χ4v) is 4.96. The van der Waals surface area contributed by atoms with E-state index in [1.165, 1.54) is 24.6 Å². The smallest absolute Gasteiger partial charge is 0.220 e. The van der Waals surface area contributed by atoms with E-state index in [9.17, 15) is 4.79 Å². The van der Waals surface area contributed by atoms with Crippen LogP contribution in [0.5, 0.6) is 0 Å². The summed E-state index contributed by atoms with van der Waals surface area (Å²) in [7, 11) is 0. The summed E-state index contributed by atoms with van der Waals surface area (Å²) in [5.74, 6) is 3.74. The van der Waals surface area contributed by atoms with Crippen LogP contribution in [0.2, 0.25) is 0 Å². The Morgan fingerprint density at radius 3 is 2.84 bits per heavy atom. The molecule has 6 nitrogen and oxygen atoms in total. The Hall–Kier alpha value is -0.220. The number of amides is 1. The first kappa shape index (κ1) is 21.1. The van der Waals surface area contributed by atoms with Crippen molar-refractivity contribution in [3.63, 3.8) is 0 Å². The third-order valence-electron chi connectivity index (χ3n) is 5.27. The molecular weight excluding hydrogens is 449 g/mol. The molecular formula is C17H32IN5OS. The molecule has 2 N–H and O–H groups in total. The highest BCUT2D eigenvalue weighted by Gasteiger charge is 2.42. The van der Waals surface area contributed by atoms with E-state index in [2.05, 4.69) is 27.4 Å². The average Bonchev–Trinajstić information content (AvgIpc) is 2.95. The quantitative estimate of drug-likeness (QED) is 0.360. The Bertz CT molecular complexity index is 472. The molecule has 0 bridgehead atoms. The summed E-state index contributed by atoms with van der Waals surface area (Å²) in [6, 6.07) is 0. The predicted octanol–water partition coefficient (Wildman–Crippen LogP) is 1.22. The lowest BCUT2D eigenvalue weighted by Crippen LogP contribution is -2.51. The number of nitrogens with one attached hydrogen (secondary N) is 2. The summed E-state index contributed by atoms with van der Waals surface area (Å²) < 4.78 is 0. The van der Waals surface area contributed by atoms with Gasteiger partial charge in [-0.3, -0.25) is 14.7 Å². The lowest BCUT2D eigenvalue weighted by molar-refractivity contribution is -0.119. The Morgan fingerprint density at radius 2 is 2.16 bits per heavy atom. The zero-order valence-electron chi connectivity index (χ0n) is 15.3. The minimum atomic E-state index is 0. The van der Waals surface area contributed by atoms with Crippen molar-refractivity contribution in [3.8, 4) is 0 Å². The predicted molar refractivity (Wildman–Crippen MR) is 116 cm³/mol. The van der Waals surface area contributed by atoms with E-state index in [-0.39, 0.29) is 35.3 Å². The largest absolute Gasteiger partial charge is 0.357 e. The molecule has 0 aromatic carbocycles. The van der Waals surface area contributed by atoms with E-state index in [0.717, 1.165) is 58.1 Å². The molecule has 0 aromatic rings. The minimum Gasteiger partial charge on any atom is -0.357 e. The summed E-state index contributed by atoms with van der Waals surface area (Å²) in [4.78, 5) is 21.5. The maximum Gasteiger partial charge on any atom is 0.220 e. The highest BCUT2D eigenvalue weighted by atomic mass is 127. The molecule has 1 unspecified atom stereocenters. The van der Waals surface area contributed by atoms with Gasteiger partial charge < -0.3 is 15.5 Å². The minimum absolute atomic E-state index is 0. The number of hydrogen-bond acceptors (Lipinski definition) is 4. The molecule has 0 radical (unpaired) electrons. The van der Waals surface area contributed by atoms with Gasteiger partial charge in [0.1, 0.15) is 0 Å². The van der Waals surface area contributed by atoms with Crippen LogP contribution in [0.1, 0.15) is 26.2 Å². The molecule has 3 aliphatic heterocycles. The molecule has 3 heterocycles. The molecule has 3 fully saturated rings. The van der Waals surface area contributed by atoms with E-state index >= 15 is 0 Å². The van der Waals surface area contributed by atoms with Crippen LogP contribution >= 0.6 is 35.7 Å². The van der Waals surface area contributed by atoms with E-state index in [1.54, 1.807) is 0 Å². The fourth-order valence-electron chi connectivity index (χ4n) is 3.98. The van der Waals surface area contributed by atoms with Gasteiger partial charge in [0.15, 0.2) is 5.96 Å². The van der Waals surface area contributed by atoms with Crippen molar-refractivity contribution in [2.75, 3.05) is 63.9 Å². The third-order valence-corrected chi connectivity index (χ3v) is 6.22. The normalized spacial score (nSPS) is 28.0.